The molecule has 0 unspecified atom stereocenters. The standard InChI is InChI=1S/C15H15NO2S/c1-5-8-16-12-7-6-11(10(2)17)9-13(12)19-15(3,4)14(16)18/h1,6-7,9H,8H2,2-4H3. The number of rotatable bonds is 2. The molecular formula is C15H15NO2S. The van der Waals surface area contributed by atoms with Crippen molar-refractivity contribution >= 4 is 29.1 Å². The number of terminal acetylenes is 1. The van der Waals surface area contributed by atoms with E-state index >= 15 is 0 Å². The lowest BCUT2D eigenvalue weighted by Gasteiger charge is -2.37. The van der Waals surface area contributed by atoms with Crippen LogP contribution in [0.15, 0.2) is 23.1 Å². The van der Waals surface area contributed by atoms with Gasteiger partial charge in [-0.25, -0.2) is 0 Å². The predicted octanol–water partition coefficient (Wildman–Crippen LogP) is 2.74. The van der Waals surface area contributed by atoms with E-state index in [1.165, 1.54) is 18.7 Å². The van der Waals surface area contributed by atoms with E-state index in [-0.39, 0.29) is 18.2 Å². The highest BCUT2D eigenvalue weighted by Gasteiger charge is 2.39. The molecular weight excluding hydrogens is 258 g/mol. The van der Waals surface area contributed by atoms with Crippen LogP contribution >= 0.6 is 11.8 Å². The molecule has 0 saturated carbocycles. The molecule has 98 valence electrons. The van der Waals surface area contributed by atoms with Crippen LogP contribution < -0.4 is 4.90 Å². The summed E-state index contributed by atoms with van der Waals surface area (Å²) in [6.45, 7) is 5.51. The van der Waals surface area contributed by atoms with Crippen molar-refractivity contribution in [1.29, 1.82) is 0 Å². The van der Waals surface area contributed by atoms with Crippen LogP contribution in [0.4, 0.5) is 5.69 Å². The Labute approximate surface area is 117 Å². The van der Waals surface area contributed by atoms with Gasteiger partial charge in [0.1, 0.15) is 0 Å². The van der Waals surface area contributed by atoms with Crippen molar-refractivity contribution in [2.45, 2.75) is 30.4 Å². The summed E-state index contributed by atoms with van der Waals surface area (Å²) in [5.74, 6) is 2.53. The zero-order valence-corrected chi connectivity index (χ0v) is 12.0. The number of amides is 1. The molecule has 0 N–H and O–H groups in total. The largest absolute Gasteiger partial charge is 0.298 e. The molecule has 4 heteroatoms. The van der Waals surface area contributed by atoms with Crippen molar-refractivity contribution in [3.05, 3.63) is 23.8 Å². The Morgan fingerprint density at radius 1 is 1.47 bits per heavy atom. The maximum absolute atomic E-state index is 12.4. The molecule has 1 heterocycles. The monoisotopic (exact) mass is 273 g/mol. The lowest BCUT2D eigenvalue weighted by molar-refractivity contribution is -0.120. The van der Waals surface area contributed by atoms with Gasteiger partial charge in [0.15, 0.2) is 5.78 Å². The first-order valence-corrected chi connectivity index (χ1v) is 6.78. The summed E-state index contributed by atoms with van der Waals surface area (Å²) in [6.07, 6.45) is 5.34. The molecule has 19 heavy (non-hydrogen) atoms. The highest BCUT2D eigenvalue weighted by molar-refractivity contribution is 8.01. The van der Waals surface area contributed by atoms with Crippen LogP contribution in [0.3, 0.4) is 0 Å². The number of carbonyl (C=O) groups excluding carboxylic acids is 2. The molecule has 0 atom stereocenters. The van der Waals surface area contributed by atoms with E-state index < -0.39 is 4.75 Å². The van der Waals surface area contributed by atoms with Crippen molar-refractivity contribution in [1.82, 2.24) is 0 Å². The zero-order chi connectivity index (χ0) is 14.2. The smallest absolute Gasteiger partial charge is 0.243 e. The van der Waals surface area contributed by atoms with E-state index in [0.717, 1.165) is 10.6 Å². The van der Waals surface area contributed by atoms with Crippen LogP contribution in [-0.2, 0) is 4.79 Å². The zero-order valence-electron chi connectivity index (χ0n) is 11.2. The maximum Gasteiger partial charge on any atom is 0.243 e. The molecule has 1 aliphatic heterocycles. The van der Waals surface area contributed by atoms with Crippen molar-refractivity contribution in [3.8, 4) is 12.3 Å². The fourth-order valence-corrected chi connectivity index (χ4v) is 3.26. The molecule has 0 aromatic heterocycles. The number of hydrogen-bond donors (Lipinski definition) is 0. The highest BCUT2D eigenvalue weighted by atomic mass is 32.2. The second kappa shape index (κ2) is 4.75. The summed E-state index contributed by atoms with van der Waals surface area (Å²) in [4.78, 5) is 26.3. The van der Waals surface area contributed by atoms with Crippen LogP contribution in [0.2, 0.25) is 0 Å². The van der Waals surface area contributed by atoms with E-state index in [1.54, 1.807) is 17.0 Å². The molecule has 0 radical (unpaired) electrons. The average Bonchev–Trinajstić information content (AvgIpc) is 2.33. The molecule has 0 saturated heterocycles. The Morgan fingerprint density at radius 3 is 2.74 bits per heavy atom. The molecule has 0 aliphatic carbocycles. The van der Waals surface area contributed by atoms with E-state index in [4.69, 9.17) is 6.42 Å². The van der Waals surface area contributed by atoms with Gasteiger partial charge in [-0.05, 0) is 39.0 Å². The van der Waals surface area contributed by atoms with Gasteiger partial charge in [-0.1, -0.05) is 5.92 Å². The average molecular weight is 273 g/mol. The minimum atomic E-state index is -0.570. The van der Waals surface area contributed by atoms with Crippen LogP contribution in [-0.4, -0.2) is 23.0 Å². The quantitative estimate of drug-likeness (QED) is 0.614. The molecule has 1 aromatic rings. The van der Waals surface area contributed by atoms with Crippen LogP contribution in [0.25, 0.3) is 0 Å². The molecule has 0 bridgehead atoms. The normalized spacial score (nSPS) is 16.7. The number of Topliss-reactive ketones (excluding diaryl/α,β-unsaturated/α-hetero) is 1. The van der Waals surface area contributed by atoms with Gasteiger partial charge in [0.05, 0.1) is 17.0 Å². The van der Waals surface area contributed by atoms with Gasteiger partial charge < -0.3 is 0 Å². The number of ketones is 1. The second-order valence-corrected chi connectivity index (χ2v) is 6.61. The third kappa shape index (κ3) is 2.39. The minimum Gasteiger partial charge on any atom is -0.298 e. The third-order valence-electron chi connectivity index (χ3n) is 3.03. The number of anilines is 1. The minimum absolute atomic E-state index is 0.00137. The highest BCUT2D eigenvalue weighted by Crippen LogP contribution is 2.45. The van der Waals surface area contributed by atoms with Crippen molar-refractivity contribution in [2.24, 2.45) is 0 Å². The van der Waals surface area contributed by atoms with E-state index in [9.17, 15) is 9.59 Å². The number of hydrogen-bond acceptors (Lipinski definition) is 3. The third-order valence-corrected chi connectivity index (χ3v) is 4.26. The van der Waals surface area contributed by atoms with Gasteiger partial charge in [-0.3, -0.25) is 14.5 Å². The summed E-state index contributed by atoms with van der Waals surface area (Å²) in [5, 5.41) is 0. The maximum atomic E-state index is 12.4. The van der Waals surface area contributed by atoms with Crippen molar-refractivity contribution < 1.29 is 9.59 Å². The number of nitrogens with zero attached hydrogens (tertiary/aromatic N) is 1. The molecule has 1 amide bonds. The van der Waals surface area contributed by atoms with Gasteiger partial charge >= 0.3 is 0 Å². The van der Waals surface area contributed by atoms with Gasteiger partial charge in [0.2, 0.25) is 5.91 Å². The molecule has 0 spiro atoms. The van der Waals surface area contributed by atoms with Gasteiger partial charge in [0, 0.05) is 10.5 Å². The van der Waals surface area contributed by atoms with E-state index in [1.807, 2.05) is 19.9 Å². The summed E-state index contributed by atoms with van der Waals surface area (Å²) in [5.41, 5.74) is 1.44. The molecule has 1 aromatic carbocycles. The number of thioether (sulfide) groups is 1. The fraction of sp³-hybridized carbons (Fsp3) is 0.333. The van der Waals surface area contributed by atoms with Crippen LogP contribution in [0.1, 0.15) is 31.1 Å². The molecule has 0 fully saturated rings. The lowest BCUT2D eigenvalue weighted by Crippen LogP contribution is -2.46. The summed E-state index contributed by atoms with van der Waals surface area (Å²) in [6, 6.07) is 5.36. The number of fused-ring (bicyclic) bond motifs is 1. The van der Waals surface area contributed by atoms with Crippen LogP contribution in [0.5, 0.6) is 0 Å². The van der Waals surface area contributed by atoms with Crippen LogP contribution in [0, 0.1) is 12.3 Å². The van der Waals surface area contributed by atoms with Gasteiger partial charge in [0.25, 0.3) is 0 Å². The second-order valence-electron chi connectivity index (χ2n) is 4.95. The first kappa shape index (κ1) is 13.7. The summed E-state index contributed by atoms with van der Waals surface area (Å²) < 4.78 is -0.570. The predicted molar refractivity (Wildman–Crippen MR) is 77.6 cm³/mol. The van der Waals surface area contributed by atoms with Crippen molar-refractivity contribution in [3.63, 3.8) is 0 Å². The van der Waals surface area contributed by atoms with Gasteiger partial charge in [-0.15, -0.1) is 18.2 Å². The first-order chi connectivity index (χ1) is 8.86. The Hall–Kier alpha value is -1.73. The SMILES string of the molecule is C#CCN1C(=O)C(C)(C)Sc2cc(C(C)=O)ccc21. The van der Waals surface area contributed by atoms with E-state index in [2.05, 4.69) is 5.92 Å². The first-order valence-electron chi connectivity index (χ1n) is 5.96. The lowest BCUT2D eigenvalue weighted by atomic mass is 10.1. The summed E-state index contributed by atoms with van der Waals surface area (Å²) in [7, 11) is 0. The Balaban J connectivity index is 2.56. The summed E-state index contributed by atoms with van der Waals surface area (Å²) >= 11 is 1.47. The van der Waals surface area contributed by atoms with E-state index in [0.29, 0.717) is 5.56 Å². The Kier molecular flexibility index (Phi) is 3.42. The molecule has 2 rings (SSSR count). The fourth-order valence-electron chi connectivity index (χ4n) is 2.04. The molecule has 3 nitrogen and oxygen atoms in total. The van der Waals surface area contributed by atoms with Gasteiger partial charge in [-0.2, -0.15) is 0 Å². The number of benzene rings is 1. The van der Waals surface area contributed by atoms with Crippen molar-refractivity contribution in [2.75, 3.05) is 11.4 Å². The topological polar surface area (TPSA) is 37.4 Å². The Bertz CT molecular complexity index is 599. The molecule has 1 aliphatic rings. The number of carbonyl (C=O) groups is 2. The Morgan fingerprint density at radius 2 is 2.16 bits per heavy atom.